The van der Waals surface area contributed by atoms with Crippen molar-refractivity contribution in [2.45, 2.75) is 51.2 Å². The van der Waals surface area contributed by atoms with Crippen LogP contribution in [0.15, 0.2) is 18.2 Å². The van der Waals surface area contributed by atoms with Crippen LogP contribution in [0.2, 0.25) is 0 Å². The largest absolute Gasteiger partial charge is 0.508 e. The number of phenolic OH excluding ortho intramolecular Hbond substituents is 1. The maximum absolute atomic E-state index is 9.86. The van der Waals surface area contributed by atoms with Gasteiger partial charge >= 0.3 is 0 Å². The summed E-state index contributed by atoms with van der Waals surface area (Å²) in [5.41, 5.74) is 2.96. The minimum atomic E-state index is 0.184. The fourth-order valence-electron chi connectivity index (χ4n) is 4.33. The zero-order chi connectivity index (χ0) is 15.2. The lowest BCUT2D eigenvalue weighted by Crippen LogP contribution is -2.59. The highest BCUT2D eigenvalue weighted by atomic mass is 16.5. The topological polar surface area (TPSA) is 32.7 Å². The first-order valence-electron chi connectivity index (χ1n) is 8.05. The number of benzene rings is 1. The molecule has 0 spiro atoms. The summed E-state index contributed by atoms with van der Waals surface area (Å²) in [6.45, 7) is 9.02. The quantitative estimate of drug-likeness (QED) is 0.928. The van der Waals surface area contributed by atoms with Crippen LogP contribution in [0.1, 0.15) is 38.3 Å². The molecule has 0 saturated carbocycles. The SMILES string of the molecule is CO[C@@H](C)CN1CC[C@]2(C)c3cc(O)ccc3C[C@@H]1[C@@H]2C. The predicted octanol–water partition coefficient (Wildman–Crippen LogP) is 2.95. The van der Waals surface area contributed by atoms with Crippen molar-refractivity contribution in [3.05, 3.63) is 29.3 Å². The lowest BCUT2D eigenvalue weighted by Gasteiger charge is -2.55. The molecule has 0 radical (unpaired) electrons. The fourth-order valence-corrected chi connectivity index (χ4v) is 4.33. The van der Waals surface area contributed by atoms with E-state index in [-0.39, 0.29) is 11.5 Å². The third-order valence-electron chi connectivity index (χ3n) is 6.00. The van der Waals surface area contributed by atoms with Crippen molar-refractivity contribution in [3.63, 3.8) is 0 Å². The number of methoxy groups -OCH3 is 1. The smallest absolute Gasteiger partial charge is 0.115 e. The van der Waals surface area contributed by atoms with Crippen LogP contribution in [0.3, 0.4) is 0 Å². The second kappa shape index (κ2) is 5.29. The van der Waals surface area contributed by atoms with E-state index in [0.29, 0.717) is 17.7 Å². The van der Waals surface area contributed by atoms with Crippen LogP contribution < -0.4 is 0 Å². The highest BCUT2D eigenvalue weighted by molar-refractivity contribution is 5.44. The zero-order valence-corrected chi connectivity index (χ0v) is 13.6. The summed E-state index contributed by atoms with van der Waals surface area (Å²) in [4.78, 5) is 2.61. The van der Waals surface area contributed by atoms with E-state index in [9.17, 15) is 5.11 Å². The molecule has 0 amide bonds. The highest BCUT2D eigenvalue weighted by Gasteiger charge is 2.48. The van der Waals surface area contributed by atoms with Crippen LogP contribution >= 0.6 is 0 Å². The summed E-state index contributed by atoms with van der Waals surface area (Å²) < 4.78 is 5.46. The van der Waals surface area contributed by atoms with Gasteiger partial charge in [0.15, 0.2) is 0 Å². The normalized spacial score (nSPS) is 33.5. The maximum atomic E-state index is 9.86. The molecule has 2 bridgehead atoms. The van der Waals surface area contributed by atoms with E-state index in [1.165, 1.54) is 11.1 Å². The van der Waals surface area contributed by atoms with Crippen LogP contribution in [-0.4, -0.2) is 42.4 Å². The van der Waals surface area contributed by atoms with Crippen molar-refractivity contribution in [1.29, 1.82) is 0 Å². The Morgan fingerprint density at radius 2 is 2.24 bits per heavy atom. The number of phenols is 1. The van der Waals surface area contributed by atoms with Gasteiger partial charge in [-0.15, -0.1) is 0 Å². The Hall–Kier alpha value is -1.06. The van der Waals surface area contributed by atoms with Gasteiger partial charge in [-0.3, -0.25) is 4.90 Å². The Morgan fingerprint density at radius 1 is 1.48 bits per heavy atom. The van der Waals surface area contributed by atoms with Crippen LogP contribution in [-0.2, 0) is 16.6 Å². The molecule has 0 aromatic heterocycles. The lowest BCUT2D eigenvalue weighted by molar-refractivity contribution is -0.00624. The predicted molar refractivity (Wildman–Crippen MR) is 84.8 cm³/mol. The first-order chi connectivity index (χ1) is 9.95. The number of aromatic hydroxyl groups is 1. The van der Waals surface area contributed by atoms with Crippen molar-refractivity contribution in [3.8, 4) is 5.75 Å². The van der Waals surface area contributed by atoms with Gasteiger partial charge in [0.05, 0.1) is 6.10 Å². The van der Waals surface area contributed by atoms with Crippen LogP contribution in [0, 0.1) is 5.92 Å². The summed E-state index contributed by atoms with van der Waals surface area (Å²) in [6.07, 6.45) is 2.52. The summed E-state index contributed by atoms with van der Waals surface area (Å²) in [5, 5.41) is 9.86. The van der Waals surface area contributed by atoms with Gasteiger partial charge in [-0.05, 0) is 60.9 Å². The first kappa shape index (κ1) is 14.9. The Bertz CT molecular complexity index is 530. The first-order valence-corrected chi connectivity index (χ1v) is 8.05. The molecule has 3 heteroatoms. The molecule has 4 atom stereocenters. The zero-order valence-electron chi connectivity index (χ0n) is 13.6. The van der Waals surface area contributed by atoms with Crippen molar-refractivity contribution in [2.75, 3.05) is 20.2 Å². The third-order valence-corrected chi connectivity index (χ3v) is 6.00. The molecular weight excluding hydrogens is 262 g/mol. The molecule has 1 aromatic rings. The van der Waals surface area contributed by atoms with Crippen molar-refractivity contribution >= 4 is 0 Å². The van der Waals surface area contributed by atoms with E-state index in [1.807, 2.05) is 12.1 Å². The molecule has 1 aliphatic carbocycles. The molecule has 1 heterocycles. The molecule has 1 saturated heterocycles. The molecule has 1 N–H and O–H groups in total. The van der Waals surface area contributed by atoms with E-state index in [1.54, 1.807) is 7.11 Å². The number of ether oxygens (including phenoxy) is 1. The van der Waals surface area contributed by atoms with E-state index < -0.39 is 0 Å². The molecule has 1 fully saturated rings. The second-order valence-electron chi connectivity index (χ2n) is 7.11. The molecule has 116 valence electrons. The number of hydrogen-bond acceptors (Lipinski definition) is 3. The minimum Gasteiger partial charge on any atom is -0.508 e. The highest BCUT2D eigenvalue weighted by Crippen LogP contribution is 2.49. The van der Waals surface area contributed by atoms with Gasteiger partial charge in [0.1, 0.15) is 5.75 Å². The molecule has 21 heavy (non-hydrogen) atoms. The van der Waals surface area contributed by atoms with Gasteiger partial charge in [-0.2, -0.15) is 0 Å². The number of rotatable bonds is 3. The van der Waals surface area contributed by atoms with Crippen LogP contribution in [0.25, 0.3) is 0 Å². The molecule has 1 aliphatic heterocycles. The average molecular weight is 289 g/mol. The molecule has 0 unspecified atom stereocenters. The second-order valence-corrected chi connectivity index (χ2v) is 7.11. The Labute approximate surface area is 127 Å². The van der Waals surface area contributed by atoms with Gasteiger partial charge < -0.3 is 9.84 Å². The molecule has 3 rings (SSSR count). The van der Waals surface area contributed by atoms with E-state index >= 15 is 0 Å². The number of fused-ring (bicyclic) bond motifs is 4. The lowest BCUT2D eigenvalue weighted by atomic mass is 9.59. The number of hydrogen-bond donors (Lipinski definition) is 1. The van der Waals surface area contributed by atoms with Gasteiger partial charge in [0.25, 0.3) is 0 Å². The molecule has 1 aromatic carbocycles. The molecule has 3 nitrogen and oxygen atoms in total. The third kappa shape index (κ3) is 2.36. The van der Waals surface area contributed by atoms with E-state index in [4.69, 9.17) is 4.74 Å². The van der Waals surface area contributed by atoms with E-state index in [2.05, 4.69) is 31.7 Å². The van der Waals surface area contributed by atoms with Gasteiger partial charge in [0.2, 0.25) is 0 Å². The monoisotopic (exact) mass is 289 g/mol. The van der Waals surface area contributed by atoms with Crippen molar-refractivity contribution in [2.24, 2.45) is 5.92 Å². The number of piperidine rings is 1. The van der Waals surface area contributed by atoms with Crippen LogP contribution in [0.5, 0.6) is 5.75 Å². The summed E-state index contributed by atoms with van der Waals surface area (Å²) >= 11 is 0. The van der Waals surface area contributed by atoms with Gasteiger partial charge in [-0.25, -0.2) is 0 Å². The Morgan fingerprint density at radius 3 is 2.95 bits per heavy atom. The Kier molecular flexibility index (Phi) is 3.74. The average Bonchev–Trinajstić information content (AvgIpc) is 2.46. The summed E-state index contributed by atoms with van der Waals surface area (Å²) in [7, 11) is 1.79. The van der Waals surface area contributed by atoms with Gasteiger partial charge in [0, 0.05) is 19.7 Å². The number of nitrogens with zero attached hydrogens (tertiary/aromatic N) is 1. The number of likely N-dealkylation sites (tertiary alicyclic amines) is 1. The summed E-state index contributed by atoms with van der Waals surface area (Å²) in [6, 6.07) is 6.52. The van der Waals surface area contributed by atoms with E-state index in [0.717, 1.165) is 25.9 Å². The van der Waals surface area contributed by atoms with Gasteiger partial charge in [-0.1, -0.05) is 19.9 Å². The minimum absolute atomic E-state index is 0.184. The summed E-state index contributed by atoms with van der Waals surface area (Å²) in [5.74, 6) is 1.00. The molecule has 2 aliphatic rings. The van der Waals surface area contributed by atoms with Crippen LogP contribution in [0.4, 0.5) is 0 Å². The Balaban J connectivity index is 1.94. The van der Waals surface area contributed by atoms with Crippen molar-refractivity contribution in [1.82, 2.24) is 4.90 Å². The fraction of sp³-hybridized carbons (Fsp3) is 0.667. The standard InChI is InChI=1S/C18H27NO2/c1-12(21-4)11-19-8-7-18(3)13(2)17(19)9-14-5-6-15(20)10-16(14)18/h5-6,10,12-13,17,20H,7-9,11H2,1-4H3/t12-,13-,17+,18-/m0/s1. The van der Waals surface area contributed by atoms with Crippen molar-refractivity contribution < 1.29 is 9.84 Å². The maximum Gasteiger partial charge on any atom is 0.115 e. The molecular formula is C18H27NO2.